The number of carbonyl (C=O) groups is 1. The highest BCUT2D eigenvalue weighted by Gasteiger charge is 2.19. The van der Waals surface area contributed by atoms with E-state index < -0.39 is 0 Å². The second-order valence-electron chi connectivity index (χ2n) is 5.18. The van der Waals surface area contributed by atoms with Crippen LogP contribution in [0.4, 0.5) is 5.69 Å². The van der Waals surface area contributed by atoms with Crippen molar-refractivity contribution >= 4 is 23.2 Å². The van der Waals surface area contributed by atoms with E-state index in [2.05, 4.69) is 10.5 Å². The number of anilines is 1. The van der Waals surface area contributed by atoms with Gasteiger partial charge < -0.3 is 14.7 Å². The van der Waals surface area contributed by atoms with Gasteiger partial charge in [-0.2, -0.15) is 0 Å². The van der Waals surface area contributed by atoms with E-state index in [4.69, 9.17) is 16.1 Å². The molecule has 0 unspecified atom stereocenters. The fourth-order valence-corrected chi connectivity index (χ4v) is 2.45. The van der Waals surface area contributed by atoms with Gasteiger partial charge in [0.1, 0.15) is 5.76 Å². The standard InChI is InChI=1S/C16H20ClN3O2/c1-5-18-15-7-6-12(17)8-13(15)16(21)20(4)9-14-10(2)19-22-11(14)3/h6-8,18H,5,9H2,1-4H3. The lowest BCUT2D eigenvalue weighted by atomic mass is 10.1. The molecule has 1 aromatic heterocycles. The number of amides is 1. The average molecular weight is 322 g/mol. The van der Waals surface area contributed by atoms with Crippen LogP contribution in [0.3, 0.4) is 0 Å². The molecule has 22 heavy (non-hydrogen) atoms. The molecule has 1 N–H and O–H groups in total. The summed E-state index contributed by atoms with van der Waals surface area (Å²) < 4.78 is 5.14. The molecular formula is C16H20ClN3O2. The lowest BCUT2D eigenvalue weighted by Gasteiger charge is -2.19. The van der Waals surface area contributed by atoms with Crippen LogP contribution in [0.1, 0.15) is 34.3 Å². The average Bonchev–Trinajstić information content (AvgIpc) is 2.80. The number of hydrogen-bond acceptors (Lipinski definition) is 4. The maximum atomic E-state index is 12.7. The van der Waals surface area contributed by atoms with Crippen molar-refractivity contribution in [1.29, 1.82) is 0 Å². The van der Waals surface area contributed by atoms with Gasteiger partial charge in [-0.15, -0.1) is 0 Å². The molecule has 0 saturated carbocycles. The molecule has 0 saturated heterocycles. The third-order valence-corrected chi connectivity index (χ3v) is 3.74. The largest absolute Gasteiger partial charge is 0.385 e. The van der Waals surface area contributed by atoms with Crippen molar-refractivity contribution in [1.82, 2.24) is 10.1 Å². The summed E-state index contributed by atoms with van der Waals surface area (Å²) in [6, 6.07) is 5.28. The molecule has 0 fully saturated rings. The van der Waals surface area contributed by atoms with Crippen LogP contribution in [0, 0.1) is 13.8 Å². The van der Waals surface area contributed by atoms with Gasteiger partial charge in [-0.3, -0.25) is 4.79 Å². The summed E-state index contributed by atoms with van der Waals surface area (Å²) in [4.78, 5) is 14.4. The van der Waals surface area contributed by atoms with Crippen LogP contribution < -0.4 is 5.32 Å². The number of hydrogen-bond donors (Lipinski definition) is 1. The first-order valence-electron chi connectivity index (χ1n) is 7.14. The van der Waals surface area contributed by atoms with Crippen molar-refractivity contribution in [2.24, 2.45) is 0 Å². The van der Waals surface area contributed by atoms with Gasteiger partial charge in [0.15, 0.2) is 0 Å². The summed E-state index contributed by atoms with van der Waals surface area (Å²) >= 11 is 6.04. The highest BCUT2D eigenvalue weighted by molar-refractivity contribution is 6.31. The van der Waals surface area contributed by atoms with Gasteiger partial charge in [-0.1, -0.05) is 16.8 Å². The van der Waals surface area contributed by atoms with Crippen molar-refractivity contribution in [3.8, 4) is 0 Å². The Morgan fingerprint density at radius 1 is 1.41 bits per heavy atom. The van der Waals surface area contributed by atoms with Gasteiger partial charge in [-0.25, -0.2) is 0 Å². The molecule has 6 heteroatoms. The quantitative estimate of drug-likeness (QED) is 0.913. The van der Waals surface area contributed by atoms with E-state index in [9.17, 15) is 4.79 Å². The molecule has 1 amide bonds. The second kappa shape index (κ2) is 6.83. The van der Waals surface area contributed by atoms with Crippen molar-refractivity contribution in [3.63, 3.8) is 0 Å². The first-order valence-corrected chi connectivity index (χ1v) is 7.52. The molecular weight excluding hydrogens is 302 g/mol. The molecule has 0 atom stereocenters. The predicted octanol–water partition coefficient (Wildman–Crippen LogP) is 3.65. The molecule has 1 aromatic carbocycles. The van der Waals surface area contributed by atoms with Crippen LogP contribution in [0.5, 0.6) is 0 Å². The molecule has 2 aromatic rings. The van der Waals surface area contributed by atoms with Gasteiger partial charge in [-0.05, 0) is 39.0 Å². The molecule has 2 rings (SSSR count). The van der Waals surface area contributed by atoms with E-state index in [1.54, 1.807) is 24.1 Å². The number of nitrogens with one attached hydrogen (secondary N) is 1. The van der Waals surface area contributed by atoms with Gasteiger partial charge in [0.05, 0.1) is 17.8 Å². The van der Waals surface area contributed by atoms with E-state index in [-0.39, 0.29) is 5.91 Å². The van der Waals surface area contributed by atoms with Gasteiger partial charge in [0, 0.05) is 29.9 Å². The Bertz CT molecular complexity index is 663. The maximum Gasteiger partial charge on any atom is 0.256 e. The summed E-state index contributed by atoms with van der Waals surface area (Å²) in [5.41, 5.74) is 3.07. The number of aryl methyl sites for hydroxylation is 2. The van der Waals surface area contributed by atoms with Crippen molar-refractivity contribution in [3.05, 3.63) is 45.8 Å². The molecule has 0 aliphatic rings. The molecule has 1 heterocycles. The van der Waals surface area contributed by atoms with Crippen LogP contribution >= 0.6 is 11.6 Å². The first-order chi connectivity index (χ1) is 10.4. The van der Waals surface area contributed by atoms with Crippen LogP contribution in [-0.4, -0.2) is 29.6 Å². The smallest absolute Gasteiger partial charge is 0.256 e. The zero-order chi connectivity index (χ0) is 16.3. The lowest BCUT2D eigenvalue weighted by molar-refractivity contribution is 0.0785. The second-order valence-corrected chi connectivity index (χ2v) is 5.62. The summed E-state index contributed by atoms with van der Waals surface area (Å²) in [7, 11) is 1.75. The zero-order valence-corrected chi connectivity index (χ0v) is 14.0. The Morgan fingerprint density at radius 3 is 2.73 bits per heavy atom. The highest BCUT2D eigenvalue weighted by Crippen LogP contribution is 2.23. The van der Waals surface area contributed by atoms with E-state index in [1.165, 1.54) is 0 Å². The first kappa shape index (κ1) is 16.4. The summed E-state index contributed by atoms with van der Waals surface area (Å²) in [5, 5.41) is 7.64. The molecule has 0 radical (unpaired) electrons. The third-order valence-electron chi connectivity index (χ3n) is 3.50. The summed E-state index contributed by atoms with van der Waals surface area (Å²) in [6.07, 6.45) is 0. The Morgan fingerprint density at radius 2 is 2.14 bits per heavy atom. The SMILES string of the molecule is CCNc1ccc(Cl)cc1C(=O)N(C)Cc1c(C)noc1C. The number of rotatable bonds is 5. The number of carbonyl (C=O) groups excluding carboxylic acids is 1. The van der Waals surface area contributed by atoms with Crippen molar-refractivity contribution in [2.75, 3.05) is 18.9 Å². The topological polar surface area (TPSA) is 58.4 Å². The van der Waals surface area contributed by atoms with E-state index in [1.807, 2.05) is 26.8 Å². The van der Waals surface area contributed by atoms with E-state index in [0.29, 0.717) is 17.1 Å². The minimum atomic E-state index is -0.0987. The number of aromatic nitrogens is 1. The fraction of sp³-hybridized carbons (Fsp3) is 0.375. The molecule has 0 aliphatic carbocycles. The minimum absolute atomic E-state index is 0.0987. The monoisotopic (exact) mass is 321 g/mol. The number of halogens is 1. The van der Waals surface area contributed by atoms with Crippen LogP contribution in [0.25, 0.3) is 0 Å². The third kappa shape index (κ3) is 3.42. The normalized spacial score (nSPS) is 10.6. The Balaban J connectivity index is 2.25. The Kier molecular flexibility index (Phi) is 5.08. The van der Waals surface area contributed by atoms with E-state index in [0.717, 1.165) is 29.2 Å². The van der Waals surface area contributed by atoms with Crippen molar-refractivity contribution in [2.45, 2.75) is 27.3 Å². The molecule has 0 spiro atoms. The molecule has 118 valence electrons. The fourth-order valence-electron chi connectivity index (χ4n) is 2.28. The minimum Gasteiger partial charge on any atom is -0.385 e. The predicted molar refractivity (Wildman–Crippen MR) is 87.4 cm³/mol. The van der Waals surface area contributed by atoms with Gasteiger partial charge >= 0.3 is 0 Å². The summed E-state index contributed by atoms with van der Waals surface area (Å²) in [5.74, 6) is 0.633. The highest BCUT2D eigenvalue weighted by atomic mass is 35.5. The van der Waals surface area contributed by atoms with Crippen molar-refractivity contribution < 1.29 is 9.32 Å². The van der Waals surface area contributed by atoms with Crippen LogP contribution in [-0.2, 0) is 6.54 Å². The summed E-state index contributed by atoms with van der Waals surface area (Å²) in [6.45, 7) is 6.87. The van der Waals surface area contributed by atoms with E-state index >= 15 is 0 Å². The number of nitrogens with zero attached hydrogens (tertiary/aromatic N) is 2. The zero-order valence-electron chi connectivity index (χ0n) is 13.2. The molecule has 5 nitrogen and oxygen atoms in total. The molecule has 0 bridgehead atoms. The van der Waals surface area contributed by atoms with Gasteiger partial charge in [0.25, 0.3) is 5.91 Å². The maximum absolute atomic E-state index is 12.7. The lowest BCUT2D eigenvalue weighted by Crippen LogP contribution is -2.27. The van der Waals surface area contributed by atoms with Crippen LogP contribution in [0.2, 0.25) is 5.02 Å². The van der Waals surface area contributed by atoms with Gasteiger partial charge in [0.2, 0.25) is 0 Å². The Labute approximate surface area is 135 Å². The number of benzene rings is 1. The Hall–Kier alpha value is -2.01. The molecule has 0 aliphatic heterocycles. The van der Waals surface area contributed by atoms with Crippen LogP contribution in [0.15, 0.2) is 22.7 Å².